The van der Waals surface area contributed by atoms with Gasteiger partial charge in [-0.3, -0.25) is 10.4 Å². The summed E-state index contributed by atoms with van der Waals surface area (Å²) in [6.07, 6.45) is 5.25. The minimum absolute atomic E-state index is 0.931. The Labute approximate surface area is 143 Å². The fourth-order valence-electron chi connectivity index (χ4n) is 2.32. The largest absolute Gasteiger partial charge is 0.279 e. The van der Waals surface area contributed by atoms with Gasteiger partial charge in [0.2, 0.25) is 0 Å². The Hall–Kier alpha value is -3.05. The molecule has 0 spiro atoms. The summed E-state index contributed by atoms with van der Waals surface area (Å²) in [6.45, 7) is 0. The van der Waals surface area contributed by atoms with Crippen molar-refractivity contribution < 1.29 is 0 Å². The average Bonchev–Trinajstić information content (AvgIpc) is 3.07. The Balaban J connectivity index is 1.49. The molecule has 4 nitrogen and oxygen atoms in total. The van der Waals surface area contributed by atoms with Gasteiger partial charge in [0.05, 0.1) is 22.1 Å². The van der Waals surface area contributed by atoms with Crippen LogP contribution in [0.15, 0.2) is 78.2 Å². The molecule has 0 aliphatic rings. The molecule has 2 heterocycles. The number of rotatable bonds is 4. The first-order chi connectivity index (χ1) is 11.9. The maximum Gasteiger partial charge on any atom is 0.124 e. The van der Waals surface area contributed by atoms with Crippen LogP contribution in [0.5, 0.6) is 0 Å². The smallest absolute Gasteiger partial charge is 0.124 e. The first-order valence-corrected chi connectivity index (χ1v) is 8.35. The SMILES string of the molecule is C(=NNc1ccc(-c2nc3ccccc3s2)cc1)c1cccnc1. The topological polar surface area (TPSA) is 50.2 Å². The normalized spacial score (nSPS) is 11.2. The van der Waals surface area contributed by atoms with E-state index in [-0.39, 0.29) is 0 Å². The van der Waals surface area contributed by atoms with Crippen molar-refractivity contribution in [3.05, 3.63) is 78.6 Å². The molecule has 116 valence electrons. The van der Waals surface area contributed by atoms with Crippen molar-refractivity contribution >= 4 is 33.5 Å². The molecule has 0 bridgehead atoms. The standard InChI is InChI=1S/C19H14N4S/c1-2-6-18-17(5-1)22-19(24-18)15-7-9-16(10-8-15)23-21-13-14-4-3-11-20-12-14/h1-13,23H. The van der Waals surface area contributed by atoms with E-state index in [1.807, 2.05) is 42.5 Å². The minimum atomic E-state index is 0.931. The molecule has 0 atom stereocenters. The Bertz CT molecular complexity index is 942. The number of hydrazone groups is 1. The molecule has 2 aromatic carbocycles. The van der Waals surface area contributed by atoms with Crippen molar-refractivity contribution in [2.75, 3.05) is 5.43 Å². The molecule has 0 unspecified atom stereocenters. The molecule has 0 aliphatic heterocycles. The number of fused-ring (bicyclic) bond motifs is 1. The van der Waals surface area contributed by atoms with Gasteiger partial charge in [-0.2, -0.15) is 5.10 Å². The number of pyridine rings is 1. The third kappa shape index (κ3) is 3.16. The summed E-state index contributed by atoms with van der Waals surface area (Å²) < 4.78 is 1.20. The van der Waals surface area contributed by atoms with Crippen molar-refractivity contribution in [3.8, 4) is 10.6 Å². The summed E-state index contributed by atoms with van der Waals surface area (Å²) in [4.78, 5) is 8.72. The van der Waals surface area contributed by atoms with Crippen LogP contribution in [0.3, 0.4) is 0 Å². The van der Waals surface area contributed by atoms with Crippen LogP contribution in [0.4, 0.5) is 5.69 Å². The second-order valence-corrected chi connectivity index (χ2v) is 6.25. The van der Waals surface area contributed by atoms with E-state index in [0.29, 0.717) is 0 Å². The van der Waals surface area contributed by atoms with Crippen molar-refractivity contribution in [1.29, 1.82) is 0 Å². The van der Waals surface area contributed by atoms with E-state index in [9.17, 15) is 0 Å². The van der Waals surface area contributed by atoms with E-state index < -0.39 is 0 Å². The summed E-state index contributed by atoms with van der Waals surface area (Å²) in [6, 6.07) is 20.1. The lowest BCUT2D eigenvalue weighted by Crippen LogP contribution is -1.90. The Kier molecular flexibility index (Phi) is 4.00. The zero-order valence-electron chi connectivity index (χ0n) is 12.8. The predicted octanol–water partition coefficient (Wildman–Crippen LogP) is 4.80. The van der Waals surface area contributed by atoms with Crippen LogP contribution >= 0.6 is 11.3 Å². The zero-order chi connectivity index (χ0) is 16.2. The van der Waals surface area contributed by atoms with Crippen molar-refractivity contribution in [2.45, 2.75) is 0 Å². The molecule has 0 fully saturated rings. The average molecular weight is 330 g/mol. The van der Waals surface area contributed by atoms with Crippen LogP contribution in [0.25, 0.3) is 20.8 Å². The number of hydrogen-bond donors (Lipinski definition) is 1. The number of nitrogens with zero attached hydrogens (tertiary/aromatic N) is 3. The lowest BCUT2D eigenvalue weighted by Gasteiger charge is -2.01. The second-order valence-electron chi connectivity index (χ2n) is 5.22. The van der Waals surface area contributed by atoms with Crippen LogP contribution in [-0.2, 0) is 0 Å². The van der Waals surface area contributed by atoms with Crippen LogP contribution in [0.1, 0.15) is 5.56 Å². The summed E-state index contributed by atoms with van der Waals surface area (Å²) >= 11 is 1.70. The van der Waals surface area contributed by atoms with Crippen LogP contribution in [0.2, 0.25) is 0 Å². The molecule has 1 N–H and O–H groups in total. The lowest BCUT2D eigenvalue weighted by molar-refractivity contribution is 1.30. The van der Waals surface area contributed by atoms with Crippen LogP contribution in [0, 0.1) is 0 Å². The molecular formula is C19H14N4S. The highest BCUT2D eigenvalue weighted by Gasteiger charge is 2.05. The monoisotopic (exact) mass is 330 g/mol. The highest BCUT2D eigenvalue weighted by Crippen LogP contribution is 2.30. The van der Waals surface area contributed by atoms with Gasteiger partial charge in [0.15, 0.2) is 0 Å². The third-order valence-electron chi connectivity index (χ3n) is 3.52. The van der Waals surface area contributed by atoms with Crippen molar-refractivity contribution in [3.63, 3.8) is 0 Å². The number of aromatic nitrogens is 2. The third-order valence-corrected chi connectivity index (χ3v) is 4.60. The summed E-state index contributed by atoms with van der Waals surface area (Å²) in [7, 11) is 0. The first-order valence-electron chi connectivity index (χ1n) is 7.54. The lowest BCUT2D eigenvalue weighted by atomic mass is 10.2. The number of hydrogen-bond acceptors (Lipinski definition) is 5. The van der Waals surface area contributed by atoms with E-state index in [1.165, 1.54) is 4.70 Å². The fourth-order valence-corrected chi connectivity index (χ4v) is 3.29. The second kappa shape index (κ2) is 6.60. The highest BCUT2D eigenvalue weighted by atomic mass is 32.1. The first kappa shape index (κ1) is 14.5. The molecule has 5 heteroatoms. The Morgan fingerprint density at radius 3 is 2.62 bits per heavy atom. The zero-order valence-corrected chi connectivity index (χ0v) is 13.6. The summed E-state index contributed by atoms with van der Waals surface area (Å²) in [5.41, 5.74) is 7.06. The molecule has 0 amide bonds. The number of para-hydroxylation sites is 1. The number of anilines is 1. The summed E-state index contributed by atoms with van der Waals surface area (Å²) in [5.74, 6) is 0. The molecule has 4 aromatic rings. The maximum atomic E-state index is 4.68. The molecule has 0 radical (unpaired) electrons. The van der Waals surface area contributed by atoms with E-state index in [4.69, 9.17) is 0 Å². The van der Waals surface area contributed by atoms with Crippen molar-refractivity contribution in [2.24, 2.45) is 5.10 Å². The van der Waals surface area contributed by atoms with Crippen LogP contribution < -0.4 is 5.43 Å². The predicted molar refractivity (Wildman–Crippen MR) is 101 cm³/mol. The molecular weight excluding hydrogens is 316 g/mol. The minimum Gasteiger partial charge on any atom is -0.279 e. The van der Waals surface area contributed by atoms with Gasteiger partial charge >= 0.3 is 0 Å². The van der Waals surface area contributed by atoms with Crippen LogP contribution in [-0.4, -0.2) is 16.2 Å². The number of nitrogens with one attached hydrogen (secondary N) is 1. The number of benzene rings is 2. The van der Waals surface area contributed by atoms with Gasteiger partial charge in [-0.05, 0) is 42.5 Å². The molecule has 2 aromatic heterocycles. The van der Waals surface area contributed by atoms with Crippen molar-refractivity contribution in [1.82, 2.24) is 9.97 Å². The number of thiazole rings is 1. The quantitative estimate of drug-likeness (QED) is 0.432. The molecule has 24 heavy (non-hydrogen) atoms. The Morgan fingerprint density at radius 2 is 1.83 bits per heavy atom. The van der Waals surface area contributed by atoms with Gasteiger partial charge in [0.1, 0.15) is 5.01 Å². The maximum absolute atomic E-state index is 4.68. The van der Waals surface area contributed by atoms with Gasteiger partial charge in [0.25, 0.3) is 0 Å². The molecule has 4 rings (SSSR count). The van der Waals surface area contributed by atoms with Gasteiger partial charge in [0, 0.05) is 23.5 Å². The van der Waals surface area contributed by atoms with Gasteiger partial charge < -0.3 is 0 Å². The van der Waals surface area contributed by atoms with E-state index >= 15 is 0 Å². The Morgan fingerprint density at radius 1 is 0.958 bits per heavy atom. The highest BCUT2D eigenvalue weighted by molar-refractivity contribution is 7.21. The van der Waals surface area contributed by atoms with E-state index in [0.717, 1.165) is 27.3 Å². The summed E-state index contributed by atoms with van der Waals surface area (Å²) in [5, 5.41) is 5.25. The van der Waals surface area contributed by atoms with Gasteiger partial charge in [-0.25, -0.2) is 4.98 Å². The fraction of sp³-hybridized carbons (Fsp3) is 0. The van der Waals surface area contributed by atoms with Gasteiger partial charge in [-0.1, -0.05) is 18.2 Å². The molecule has 0 saturated heterocycles. The molecule has 0 saturated carbocycles. The molecule has 0 aliphatic carbocycles. The van der Waals surface area contributed by atoms with E-state index in [2.05, 4.69) is 38.7 Å². The van der Waals surface area contributed by atoms with Gasteiger partial charge in [-0.15, -0.1) is 11.3 Å². The van der Waals surface area contributed by atoms with E-state index in [1.54, 1.807) is 29.9 Å².